The topological polar surface area (TPSA) is 37.3 Å². The summed E-state index contributed by atoms with van der Waals surface area (Å²) < 4.78 is 0. The summed E-state index contributed by atoms with van der Waals surface area (Å²) in [4.78, 5) is 10.6. The molecule has 0 radical (unpaired) electrons. The molecule has 0 heterocycles. The SMILES string of the molecule is C.CC1=C2[C@H](/C=C/C(=O)O)CC[C@@H](C)[C@H]2CC1. The van der Waals surface area contributed by atoms with Gasteiger partial charge in [0.2, 0.25) is 0 Å². The van der Waals surface area contributed by atoms with Crippen molar-refractivity contribution in [1.82, 2.24) is 0 Å². The third-order valence-electron chi connectivity index (χ3n) is 4.21. The maximum atomic E-state index is 10.6. The molecule has 17 heavy (non-hydrogen) atoms. The molecule has 0 unspecified atom stereocenters. The van der Waals surface area contributed by atoms with Gasteiger partial charge in [0.05, 0.1) is 0 Å². The second kappa shape index (κ2) is 5.52. The molecule has 1 fully saturated rings. The van der Waals surface area contributed by atoms with Crippen molar-refractivity contribution in [3.05, 3.63) is 23.3 Å². The van der Waals surface area contributed by atoms with Crippen LogP contribution in [0.25, 0.3) is 0 Å². The van der Waals surface area contributed by atoms with E-state index < -0.39 is 5.97 Å². The van der Waals surface area contributed by atoms with Crippen LogP contribution >= 0.6 is 0 Å². The van der Waals surface area contributed by atoms with Gasteiger partial charge < -0.3 is 5.11 Å². The predicted octanol–water partition coefficient (Wildman–Crippen LogP) is 4.04. The Morgan fingerprint density at radius 1 is 1.35 bits per heavy atom. The fourth-order valence-electron chi connectivity index (χ4n) is 3.37. The van der Waals surface area contributed by atoms with E-state index in [0.717, 1.165) is 18.3 Å². The molecule has 0 saturated heterocycles. The monoisotopic (exact) mass is 236 g/mol. The highest BCUT2D eigenvalue weighted by atomic mass is 16.4. The van der Waals surface area contributed by atoms with E-state index in [0.29, 0.717) is 5.92 Å². The van der Waals surface area contributed by atoms with Crippen LogP contribution in [0.4, 0.5) is 0 Å². The lowest BCUT2D eigenvalue weighted by Crippen LogP contribution is -2.23. The maximum absolute atomic E-state index is 10.6. The quantitative estimate of drug-likeness (QED) is 0.580. The van der Waals surface area contributed by atoms with E-state index in [4.69, 9.17) is 5.11 Å². The van der Waals surface area contributed by atoms with Crippen molar-refractivity contribution < 1.29 is 9.90 Å². The van der Waals surface area contributed by atoms with E-state index >= 15 is 0 Å². The molecule has 2 rings (SSSR count). The number of hydrogen-bond donors (Lipinski definition) is 1. The second-order valence-corrected chi connectivity index (χ2v) is 5.24. The normalized spacial score (nSPS) is 32.5. The van der Waals surface area contributed by atoms with Gasteiger partial charge in [-0.25, -0.2) is 4.79 Å². The van der Waals surface area contributed by atoms with Gasteiger partial charge in [0, 0.05) is 6.08 Å². The highest BCUT2D eigenvalue weighted by Gasteiger charge is 2.35. The third-order valence-corrected chi connectivity index (χ3v) is 4.21. The fourth-order valence-corrected chi connectivity index (χ4v) is 3.37. The van der Waals surface area contributed by atoms with Crippen LogP contribution < -0.4 is 0 Å². The number of carboxylic acids is 1. The van der Waals surface area contributed by atoms with Crippen molar-refractivity contribution in [2.24, 2.45) is 17.8 Å². The third kappa shape index (κ3) is 2.80. The summed E-state index contributed by atoms with van der Waals surface area (Å²) in [5, 5.41) is 8.70. The number of carboxylic acid groups (broad SMARTS) is 1. The van der Waals surface area contributed by atoms with Gasteiger partial charge in [0.25, 0.3) is 0 Å². The van der Waals surface area contributed by atoms with E-state index in [9.17, 15) is 4.79 Å². The number of rotatable bonds is 2. The predicted molar refractivity (Wildman–Crippen MR) is 70.8 cm³/mol. The Morgan fingerprint density at radius 2 is 2.06 bits per heavy atom. The summed E-state index contributed by atoms with van der Waals surface area (Å²) >= 11 is 0. The molecule has 3 atom stereocenters. The molecule has 0 amide bonds. The zero-order chi connectivity index (χ0) is 11.7. The van der Waals surface area contributed by atoms with Crippen molar-refractivity contribution in [1.29, 1.82) is 0 Å². The number of aliphatic carboxylic acids is 1. The highest BCUT2D eigenvalue weighted by Crippen LogP contribution is 2.47. The van der Waals surface area contributed by atoms with Crippen LogP contribution in [0.15, 0.2) is 23.3 Å². The van der Waals surface area contributed by atoms with Gasteiger partial charge in [-0.3, -0.25) is 0 Å². The summed E-state index contributed by atoms with van der Waals surface area (Å²) in [5.41, 5.74) is 3.06. The lowest BCUT2D eigenvalue weighted by molar-refractivity contribution is -0.131. The zero-order valence-corrected chi connectivity index (χ0v) is 10.1. The molecule has 2 aliphatic rings. The van der Waals surface area contributed by atoms with E-state index in [2.05, 4.69) is 13.8 Å². The fraction of sp³-hybridized carbons (Fsp3) is 0.667. The van der Waals surface area contributed by atoms with Gasteiger partial charge >= 0.3 is 5.97 Å². The van der Waals surface area contributed by atoms with Gasteiger partial charge in [-0.2, -0.15) is 0 Å². The Bertz CT molecular complexity index is 352. The Kier molecular flexibility index (Phi) is 4.55. The molecule has 2 nitrogen and oxygen atoms in total. The largest absolute Gasteiger partial charge is 0.478 e. The zero-order valence-electron chi connectivity index (χ0n) is 10.1. The Balaban J connectivity index is 0.00000144. The Morgan fingerprint density at radius 3 is 2.71 bits per heavy atom. The van der Waals surface area contributed by atoms with Crippen LogP contribution in [0.1, 0.15) is 47.0 Å². The number of allylic oxidation sites excluding steroid dienone is 3. The average Bonchev–Trinajstić information content (AvgIpc) is 2.61. The van der Waals surface area contributed by atoms with Crippen LogP contribution in [0.3, 0.4) is 0 Å². The molecule has 0 aromatic heterocycles. The highest BCUT2D eigenvalue weighted by molar-refractivity contribution is 5.79. The molecule has 2 heteroatoms. The lowest BCUT2D eigenvalue weighted by atomic mass is 9.71. The van der Waals surface area contributed by atoms with Gasteiger partial charge in [0.1, 0.15) is 0 Å². The van der Waals surface area contributed by atoms with Gasteiger partial charge in [0.15, 0.2) is 0 Å². The molecule has 2 aliphatic carbocycles. The second-order valence-electron chi connectivity index (χ2n) is 5.24. The summed E-state index contributed by atoms with van der Waals surface area (Å²) in [6.45, 7) is 4.55. The van der Waals surface area contributed by atoms with E-state index in [1.54, 1.807) is 5.57 Å². The van der Waals surface area contributed by atoms with Crippen LogP contribution in [0.2, 0.25) is 0 Å². The first-order valence-corrected chi connectivity index (χ1v) is 6.20. The smallest absolute Gasteiger partial charge is 0.327 e. The van der Waals surface area contributed by atoms with Gasteiger partial charge in [-0.1, -0.05) is 31.6 Å². The summed E-state index contributed by atoms with van der Waals surface area (Å²) in [6, 6.07) is 0. The molecular formula is C15H24O2. The number of fused-ring (bicyclic) bond motifs is 1. The minimum Gasteiger partial charge on any atom is -0.478 e. The van der Waals surface area contributed by atoms with Crippen molar-refractivity contribution in [2.45, 2.75) is 47.0 Å². The first-order chi connectivity index (χ1) is 7.59. The average molecular weight is 236 g/mol. The molecule has 0 spiro atoms. The molecule has 1 saturated carbocycles. The lowest BCUT2D eigenvalue weighted by Gasteiger charge is -2.33. The number of carbonyl (C=O) groups is 1. The minimum atomic E-state index is -0.827. The molecule has 0 aromatic carbocycles. The van der Waals surface area contributed by atoms with E-state index in [1.807, 2.05) is 6.08 Å². The molecule has 96 valence electrons. The van der Waals surface area contributed by atoms with Crippen molar-refractivity contribution >= 4 is 5.97 Å². The molecule has 0 bridgehead atoms. The van der Waals surface area contributed by atoms with Crippen LogP contribution in [0, 0.1) is 17.8 Å². The Labute approximate surface area is 104 Å². The minimum absolute atomic E-state index is 0. The molecule has 1 N–H and O–H groups in total. The Hall–Kier alpha value is -1.05. The maximum Gasteiger partial charge on any atom is 0.327 e. The summed E-state index contributed by atoms with van der Waals surface area (Å²) in [5.74, 6) is 1.06. The summed E-state index contributed by atoms with van der Waals surface area (Å²) in [6.07, 6.45) is 8.05. The van der Waals surface area contributed by atoms with E-state index in [-0.39, 0.29) is 7.43 Å². The van der Waals surface area contributed by atoms with Crippen molar-refractivity contribution in [2.75, 3.05) is 0 Å². The first-order valence-electron chi connectivity index (χ1n) is 6.20. The van der Waals surface area contributed by atoms with Gasteiger partial charge in [-0.15, -0.1) is 0 Å². The van der Waals surface area contributed by atoms with Crippen LogP contribution in [0.5, 0.6) is 0 Å². The first kappa shape index (κ1) is 14.0. The molecule has 0 aliphatic heterocycles. The van der Waals surface area contributed by atoms with Gasteiger partial charge in [-0.05, 0) is 50.4 Å². The number of hydrogen-bond acceptors (Lipinski definition) is 1. The molecule has 0 aromatic rings. The molecular weight excluding hydrogens is 212 g/mol. The summed E-state index contributed by atoms with van der Waals surface area (Å²) in [7, 11) is 0. The van der Waals surface area contributed by atoms with Crippen molar-refractivity contribution in [3.63, 3.8) is 0 Å². The standard InChI is InChI=1S/C14H20O2.CH4/c1-9-3-5-11(6-8-13(15)16)14-10(2)4-7-12(9)14;/h6,8-9,11-12H,3-5,7H2,1-2H3,(H,15,16);1H4/b8-6+;/t9-,11+,12-;/m1./s1. The van der Waals surface area contributed by atoms with Crippen LogP contribution in [-0.4, -0.2) is 11.1 Å². The van der Waals surface area contributed by atoms with E-state index in [1.165, 1.54) is 30.9 Å². The van der Waals surface area contributed by atoms with Crippen molar-refractivity contribution in [3.8, 4) is 0 Å². The van der Waals surface area contributed by atoms with Crippen LogP contribution in [-0.2, 0) is 4.79 Å².